The Kier molecular flexibility index (Phi) is 11.5. The molecule has 0 radical (unpaired) electrons. The molecule has 1 aromatic heterocycles. The summed E-state index contributed by atoms with van der Waals surface area (Å²) in [6.45, 7) is 0.0485. The van der Waals surface area contributed by atoms with Crippen LogP contribution in [0.15, 0.2) is 45.6 Å². The Hall–Kier alpha value is -3.71. The van der Waals surface area contributed by atoms with Gasteiger partial charge in [-0.15, -0.1) is 0 Å². The van der Waals surface area contributed by atoms with Gasteiger partial charge in [-0.25, -0.2) is 0 Å². The third kappa shape index (κ3) is 7.52. The van der Waals surface area contributed by atoms with Gasteiger partial charge in [-0.05, 0) is 31.2 Å². The van der Waals surface area contributed by atoms with Gasteiger partial charge in [0.05, 0.1) is 19.3 Å². The van der Waals surface area contributed by atoms with Crippen LogP contribution in [-0.2, 0) is 18.9 Å². The molecule has 4 heterocycles. The van der Waals surface area contributed by atoms with Gasteiger partial charge >= 0.3 is 0 Å². The fourth-order valence-electron chi connectivity index (χ4n) is 6.14. The maximum Gasteiger partial charge on any atom is 0.239 e. The van der Waals surface area contributed by atoms with Gasteiger partial charge in [0.25, 0.3) is 0 Å². The summed E-state index contributed by atoms with van der Waals surface area (Å²) in [7, 11) is 0. The summed E-state index contributed by atoms with van der Waals surface area (Å²) < 4.78 is 39.3. The topological polar surface area (TPSA) is 328 Å². The average molecular weight is 757 g/mol. The largest absolute Gasteiger partial charge is 0.508 e. The van der Waals surface area contributed by atoms with Crippen molar-refractivity contribution in [2.45, 2.75) is 99.0 Å². The van der Waals surface area contributed by atoms with E-state index in [0.29, 0.717) is 0 Å². The lowest BCUT2D eigenvalue weighted by Crippen LogP contribution is -2.61. The minimum absolute atomic E-state index is 0.112. The van der Waals surface area contributed by atoms with Crippen molar-refractivity contribution in [3.8, 4) is 34.3 Å². The van der Waals surface area contributed by atoms with Crippen molar-refractivity contribution in [2.75, 3.05) is 13.2 Å². The summed E-state index contributed by atoms with van der Waals surface area (Å²) in [5.74, 6) is -2.21. The molecule has 6 rings (SSSR count). The Morgan fingerprint density at radius 3 is 1.87 bits per heavy atom. The van der Waals surface area contributed by atoms with Gasteiger partial charge < -0.3 is 94.1 Å². The fraction of sp³-hybridized carbons (Fsp3) is 0.545. The molecule has 20 nitrogen and oxygen atoms in total. The summed E-state index contributed by atoms with van der Waals surface area (Å²) in [6, 6.07) is 7.20. The second-order valence-electron chi connectivity index (χ2n) is 12.9. The van der Waals surface area contributed by atoms with Crippen LogP contribution >= 0.6 is 0 Å². The molecule has 3 saturated heterocycles. The average Bonchev–Trinajstić information content (AvgIpc) is 3.13. The zero-order chi connectivity index (χ0) is 38.5. The monoisotopic (exact) mass is 756 g/mol. The third-order valence-electron chi connectivity index (χ3n) is 9.27. The first kappa shape index (κ1) is 39.0. The van der Waals surface area contributed by atoms with Crippen molar-refractivity contribution in [1.82, 2.24) is 0 Å². The maximum absolute atomic E-state index is 14.0. The van der Waals surface area contributed by atoms with Crippen LogP contribution in [-0.4, -0.2) is 167 Å². The van der Waals surface area contributed by atoms with E-state index in [1.165, 1.54) is 31.2 Å². The van der Waals surface area contributed by atoms with Crippen molar-refractivity contribution in [3.05, 3.63) is 46.6 Å². The number of ether oxygens (including phenoxy) is 6. The molecule has 0 bridgehead atoms. The quantitative estimate of drug-likeness (QED) is 0.0992. The molecule has 3 aromatic rings. The van der Waals surface area contributed by atoms with Gasteiger partial charge in [0, 0.05) is 17.7 Å². The van der Waals surface area contributed by atoms with Crippen molar-refractivity contribution in [1.29, 1.82) is 0 Å². The van der Waals surface area contributed by atoms with Crippen LogP contribution in [0.5, 0.6) is 23.0 Å². The number of hydrogen-bond donors (Lipinski definition) is 12. The smallest absolute Gasteiger partial charge is 0.239 e. The molecule has 0 aliphatic carbocycles. The fourth-order valence-corrected chi connectivity index (χ4v) is 6.14. The molecule has 3 fully saturated rings. The lowest BCUT2D eigenvalue weighted by molar-refractivity contribution is -0.318. The molecule has 12 N–H and O–H groups in total. The van der Waals surface area contributed by atoms with E-state index in [1.54, 1.807) is 0 Å². The molecule has 0 unspecified atom stereocenters. The highest BCUT2D eigenvalue weighted by Gasteiger charge is 2.48. The summed E-state index contributed by atoms with van der Waals surface area (Å²) in [5.41, 5.74) is -1.26. The van der Waals surface area contributed by atoms with Crippen LogP contribution in [0.1, 0.15) is 6.92 Å². The van der Waals surface area contributed by atoms with Crippen LogP contribution in [0, 0.1) is 0 Å². The lowest BCUT2D eigenvalue weighted by atomic mass is 9.98. The second kappa shape index (κ2) is 15.6. The van der Waals surface area contributed by atoms with E-state index in [9.17, 15) is 66.1 Å². The highest BCUT2D eigenvalue weighted by Crippen LogP contribution is 2.39. The van der Waals surface area contributed by atoms with E-state index in [0.717, 1.165) is 12.1 Å². The standard InChI is InChI=1S/C33H40O20/c1-10-19(37)23(41)26(44)31(48-10)47-9-17-21(39)25(43)28(46)33(52-17)53-30-22(40)18-14(36)6-13(49-32-27(45)24(42)20(38)16(8-34)51-32)7-15(18)50-29(30)11-2-4-12(35)5-3-11/h2-7,10,16-17,19-21,23-28,31-39,41-46H,8-9H2,1H3/t10-,16-,17-,19-,20-,21-,23+,24+,25+,26-,27-,28-,31-,32-,33+/m0/s1. The number of hydrogen-bond acceptors (Lipinski definition) is 20. The summed E-state index contributed by atoms with van der Waals surface area (Å²) >= 11 is 0. The van der Waals surface area contributed by atoms with Gasteiger partial charge in [0.2, 0.25) is 23.8 Å². The zero-order valence-corrected chi connectivity index (χ0v) is 27.7. The molecule has 3 aliphatic heterocycles. The molecule has 0 amide bonds. The molecule has 53 heavy (non-hydrogen) atoms. The maximum atomic E-state index is 14.0. The van der Waals surface area contributed by atoms with Crippen LogP contribution < -0.4 is 14.9 Å². The Morgan fingerprint density at radius 2 is 1.23 bits per heavy atom. The first-order valence-corrected chi connectivity index (χ1v) is 16.4. The van der Waals surface area contributed by atoms with E-state index in [1.807, 2.05) is 0 Å². The Balaban J connectivity index is 1.32. The van der Waals surface area contributed by atoms with Gasteiger partial charge in [-0.3, -0.25) is 4.79 Å². The summed E-state index contributed by atoms with van der Waals surface area (Å²) in [5, 5.41) is 123. The normalized spacial score (nSPS) is 37.8. The molecule has 0 spiro atoms. The predicted molar refractivity (Wildman–Crippen MR) is 171 cm³/mol. The molecular weight excluding hydrogens is 716 g/mol. The summed E-state index contributed by atoms with van der Waals surface area (Å²) in [4.78, 5) is 14.0. The van der Waals surface area contributed by atoms with Crippen molar-refractivity contribution >= 4 is 11.0 Å². The molecule has 20 heteroatoms. The minimum Gasteiger partial charge on any atom is -0.508 e. The van der Waals surface area contributed by atoms with Crippen molar-refractivity contribution < 1.29 is 94.1 Å². The second-order valence-corrected chi connectivity index (χ2v) is 12.9. The number of phenolic OH excluding ortho intramolecular Hbond substituents is 2. The number of rotatable bonds is 9. The third-order valence-corrected chi connectivity index (χ3v) is 9.27. The zero-order valence-electron chi connectivity index (χ0n) is 27.7. The molecule has 2 aromatic carbocycles. The number of aliphatic hydroxyl groups is 10. The molecule has 0 saturated carbocycles. The van der Waals surface area contributed by atoms with Gasteiger partial charge in [0.1, 0.15) is 95.4 Å². The van der Waals surface area contributed by atoms with E-state index in [4.69, 9.17) is 32.8 Å². The summed E-state index contributed by atoms with van der Waals surface area (Å²) in [6.07, 6.45) is -24.7. The Labute approximate surface area is 298 Å². The van der Waals surface area contributed by atoms with Crippen LogP contribution in [0.4, 0.5) is 0 Å². The predicted octanol–water partition coefficient (Wildman–Crippen LogP) is -3.92. The Morgan fingerprint density at radius 1 is 0.660 bits per heavy atom. The van der Waals surface area contributed by atoms with Crippen molar-refractivity contribution in [2.24, 2.45) is 0 Å². The lowest BCUT2D eigenvalue weighted by Gasteiger charge is -2.42. The van der Waals surface area contributed by atoms with Crippen LogP contribution in [0.3, 0.4) is 0 Å². The van der Waals surface area contributed by atoms with Gasteiger partial charge in [-0.2, -0.15) is 0 Å². The van der Waals surface area contributed by atoms with Gasteiger partial charge in [0.15, 0.2) is 12.1 Å². The molecule has 3 aliphatic rings. The van der Waals surface area contributed by atoms with Gasteiger partial charge in [-0.1, -0.05) is 0 Å². The van der Waals surface area contributed by atoms with E-state index in [-0.39, 0.29) is 28.4 Å². The van der Waals surface area contributed by atoms with E-state index in [2.05, 4.69) is 0 Å². The van der Waals surface area contributed by atoms with E-state index >= 15 is 0 Å². The number of aliphatic hydroxyl groups excluding tert-OH is 10. The Bertz CT molecular complexity index is 1780. The van der Waals surface area contributed by atoms with E-state index < -0.39 is 128 Å². The SMILES string of the molecule is C[C@@H]1O[C@H](OC[C@@H]2O[C@H](Oc3c(-c4ccc(O)cc4)oc4cc(O[C@H]5O[C@@H](CO)[C@H](O)[C@@H](O)[C@@H]5O)cc(O)c4c3=O)[C@@H](O)[C@H](O)[C@H]2O)[C@@H](O)[C@H](O)[C@H]1O. The van der Waals surface area contributed by atoms with Crippen LogP contribution in [0.25, 0.3) is 22.3 Å². The minimum atomic E-state index is -2.00. The number of benzene rings is 2. The molecule has 292 valence electrons. The first-order valence-electron chi connectivity index (χ1n) is 16.4. The molecular formula is C33H40O20. The number of aromatic hydroxyl groups is 2. The van der Waals surface area contributed by atoms with Crippen LogP contribution in [0.2, 0.25) is 0 Å². The molecule has 15 atom stereocenters. The highest BCUT2D eigenvalue weighted by molar-refractivity contribution is 5.88. The highest BCUT2D eigenvalue weighted by atomic mass is 16.7. The first-order chi connectivity index (χ1) is 25.1. The van der Waals surface area contributed by atoms with Crippen molar-refractivity contribution in [3.63, 3.8) is 0 Å². The number of phenols is 2. The number of fused-ring (bicyclic) bond motifs is 1.